The van der Waals surface area contributed by atoms with Crippen molar-refractivity contribution < 1.29 is 13.2 Å². The highest BCUT2D eigenvalue weighted by molar-refractivity contribution is 7.89. The average Bonchev–Trinajstić information content (AvgIpc) is 2.48. The first-order valence-corrected chi connectivity index (χ1v) is 9.13. The monoisotopic (exact) mass is 343 g/mol. The van der Waals surface area contributed by atoms with E-state index in [4.69, 9.17) is 0 Å². The molecule has 1 rings (SSSR count). The minimum absolute atomic E-state index is 0.0115. The lowest BCUT2D eigenvalue weighted by atomic mass is 10.2. The average molecular weight is 343 g/mol. The van der Waals surface area contributed by atoms with Crippen molar-refractivity contribution >= 4 is 15.9 Å². The summed E-state index contributed by atoms with van der Waals surface area (Å²) in [6, 6.07) is 2.45. The lowest BCUT2D eigenvalue weighted by Crippen LogP contribution is -2.35. The Morgan fingerprint density at radius 1 is 1.26 bits per heavy atom. The van der Waals surface area contributed by atoms with Gasteiger partial charge in [0.2, 0.25) is 15.9 Å². The zero-order valence-electron chi connectivity index (χ0n) is 14.1. The molecule has 0 radical (unpaired) electrons. The van der Waals surface area contributed by atoms with Crippen LogP contribution in [0.15, 0.2) is 28.0 Å². The van der Waals surface area contributed by atoms with Crippen LogP contribution in [0.1, 0.15) is 27.7 Å². The second-order valence-corrected chi connectivity index (χ2v) is 7.56. The summed E-state index contributed by atoms with van der Waals surface area (Å²) in [6.45, 7) is 8.40. The number of hydrogen-bond acceptors (Lipinski definition) is 4. The standard InChI is InChI=1S/C15H25N3O4S/c1-5-18(6-2)23(21,22)13-7-8-15(20)17(10-13)11-14(19)16-9-12(3)4/h7-8,10,12H,5-6,9,11H2,1-4H3,(H,16,19). The zero-order valence-corrected chi connectivity index (χ0v) is 14.9. The van der Waals surface area contributed by atoms with E-state index in [1.807, 2.05) is 13.8 Å². The third-order valence-corrected chi connectivity index (χ3v) is 5.35. The van der Waals surface area contributed by atoms with Crippen LogP contribution in [0.5, 0.6) is 0 Å². The van der Waals surface area contributed by atoms with Crippen molar-refractivity contribution in [1.29, 1.82) is 0 Å². The molecule has 1 heterocycles. The fourth-order valence-electron chi connectivity index (χ4n) is 2.03. The van der Waals surface area contributed by atoms with Gasteiger partial charge in [0.25, 0.3) is 5.56 Å². The van der Waals surface area contributed by atoms with E-state index in [0.717, 1.165) is 4.57 Å². The molecule has 23 heavy (non-hydrogen) atoms. The van der Waals surface area contributed by atoms with E-state index in [0.29, 0.717) is 25.6 Å². The number of aromatic nitrogens is 1. The van der Waals surface area contributed by atoms with E-state index < -0.39 is 15.6 Å². The molecular weight excluding hydrogens is 318 g/mol. The van der Waals surface area contributed by atoms with E-state index >= 15 is 0 Å². The number of nitrogens with zero attached hydrogens (tertiary/aromatic N) is 2. The van der Waals surface area contributed by atoms with Gasteiger partial charge in [-0.05, 0) is 12.0 Å². The summed E-state index contributed by atoms with van der Waals surface area (Å²) in [5, 5.41) is 2.70. The lowest BCUT2D eigenvalue weighted by molar-refractivity contribution is -0.121. The molecule has 1 aromatic rings. The molecule has 1 aromatic heterocycles. The Hall–Kier alpha value is -1.67. The zero-order chi connectivity index (χ0) is 17.6. The van der Waals surface area contributed by atoms with Crippen LogP contribution in [0.25, 0.3) is 0 Å². The Morgan fingerprint density at radius 2 is 1.87 bits per heavy atom. The molecule has 0 aromatic carbocycles. The highest BCUT2D eigenvalue weighted by Crippen LogP contribution is 2.13. The molecule has 0 bridgehead atoms. The smallest absolute Gasteiger partial charge is 0.251 e. The Labute approximate surface area is 137 Å². The van der Waals surface area contributed by atoms with Crippen molar-refractivity contribution in [3.05, 3.63) is 28.7 Å². The minimum atomic E-state index is -3.66. The van der Waals surface area contributed by atoms with Crippen LogP contribution in [-0.2, 0) is 21.4 Å². The summed E-state index contributed by atoms with van der Waals surface area (Å²) < 4.78 is 27.4. The second kappa shape index (κ2) is 8.26. The first-order valence-electron chi connectivity index (χ1n) is 7.69. The molecule has 7 nitrogen and oxygen atoms in total. The number of pyridine rings is 1. The van der Waals surface area contributed by atoms with Crippen molar-refractivity contribution in [3.63, 3.8) is 0 Å². The topological polar surface area (TPSA) is 88.5 Å². The van der Waals surface area contributed by atoms with Crippen LogP contribution in [0.3, 0.4) is 0 Å². The molecular formula is C15H25N3O4S. The SMILES string of the molecule is CCN(CC)S(=O)(=O)c1ccc(=O)n(CC(=O)NCC(C)C)c1. The Morgan fingerprint density at radius 3 is 2.39 bits per heavy atom. The van der Waals surface area contributed by atoms with Crippen molar-refractivity contribution in [1.82, 2.24) is 14.2 Å². The molecule has 0 atom stereocenters. The number of sulfonamides is 1. The van der Waals surface area contributed by atoms with Crippen LogP contribution >= 0.6 is 0 Å². The molecule has 0 fully saturated rings. The quantitative estimate of drug-likeness (QED) is 0.751. The summed E-state index contributed by atoms with van der Waals surface area (Å²) in [5.41, 5.74) is -0.414. The molecule has 0 spiro atoms. The number of nitrogens with one attached hydrogen (secondary N) is 1. The summed E-state index contributed by atoms with van der Waals surface area (Å²) >= 11 is 0. The Kier molecular flexibility index (Phi) is 6.96. The van der Waals surface area contributed by atoms with Crippen LogP contribution in [0.4, 0.5) is 0 Å². The first kappa shape index (κ1) is 19.4. The third kappa shape index (κ3) is 5.18. The van der Waals surface area contributed by atoms with Crippen LogP contribution in [-0.4, -0.2) is 42.8 Å². The summed E-state index contributed by atoms with van der Waals surface area (Å²) in [6.07, 6.45) is 1.23. The molecule has 0 aliphatic rings. The maximum atomic E-state index is 12.5. The number of hydrogen-bond donors (Lipinski definition) is 1. The summed E-state index contributed by atoms with van der Waals surface area (Å²) in [4.78, 5) is 23.7. The molecule has 0 unspecified atom stereocenters. The van der Waals surface area contributed by atoms with E-state index in [1.165, 1.54) is 22.6 Å². The molecule has 0 aliphatic carbocycles. The molecule has 1 N–H and O–H groups in total. The highest BCUT2D eigenvalue weighted by Gasteiger charge is 2.22. The first-order chi connectivity index (χ1) is 10.7. The fourth-order valence-corrected chi connectivity index (χ4v) is 3.51. The van der Waals surface area contributed by atoms with Gasteiger partial charge in [-0.2, -0.15) is 4.31 Å². The fraction of sp³-hybridized carbons (Fsp3) is 0.600. The van der Waals surface area contributed by atoms with Gasteiger partial charge in [-0.25, -0.2) is 8.42 Å². The molecule has 1 amide bonds. The Balaban J connectivity index is 3.04. The van der Waals surface area contributed by atoms with Gasteiger partial charge in [0.05, 0.1) is 4.90 Å². The van der Waals surface area contributed by atoms with E-state index in [1.54, 1.807) is 13.8 Å². The predicted molar refractivity (Wildman–Crippen MR) is 88.7 cm³/mol. The van der Waals surface area contributed by atoms with Crippen molar-refractivity contribution in [3.8, 4) is 0 Å². The number of carbonyl (C=O) groups is 1. The molecule has 130 valence electrons. The predicted octanol–water partition coefficient (Wildman–Crippen LogP) is 0.651. The second-order valence-electron chi connectivity index (χ2n) is 5.62. The number of amides is 1. The largest absolute Gasteiger partial charge is 0.354 e. The molecule has 0 saturated heterocycles. The lowest BCUT2D eigenvalue weighted by Gasteiger charge is -2.19. The minimum Gasteiger partial charge on any atom is -0.354 e. The van der Waals surface area contributed by atoms with Gasteiger partial charge >= 0.3 is 0 Å². The van der Waals surface area contributed by atoms with Crippen LogP contribution < -0.4 is 10.9 Å². The number of rotatable bonds is 8. The van der Waals surface area contributed by atoms with Crippen molar-refractivity contribution in [2.45, 2.75) is 39.1 Å². The van der Waals surface area contributed by atoms with Gasteiger partial charge in [0.15, 0.2) is 0 Å². The Bertz CT molecular complexity index is 691. The molecule has 0 aliphatic heterocycles. The normalized spacial score (nSPS) is 11.9. The highest BCUT2D eigenvalue weighted by atomic mass is 32.2. The summed E-state index contributed by atoms with van der Waals surface area (Å²) in [5.74, 6) is -0.0248. The van der Waals surface area contributed by atoms with Gasteiger partial charge in [0, 0.05) is 31.9 Å². The summed E-state index contributed by atoms with van der Waals surface area (Å²) in [7, 11) is -3.66. The van der Waals surface area contributed by atoms with E-state index in [2.05, 4.69) is 5.32 Å². The van der Waals surface area contributed by atoms with E-state index in [-0.39, 0.29) is 17.3 Å². The third-order valence-electron chi connectivity index (χ3n) is 3.32. The molecule has 8 heteroatoms. The maximum Gasteiger partial charge on any atom is 0.251 e. The molecule has 0 saturated carbocycles. The maximum absolute atomic E-state index is 12.5. The van der Waals surface area contributed by atoms with Gasteiger partial charge in [-0.1, -0.05) is 27.7 Å². The number of carbonyl (C=O) groups excluding carboxylic acids is 1. The van der Waals surface area contributed by atoms with E-state index in [9.17, 15) is 18.0 Å². The van der Waals surface area contributed by atoms with Gasteiger partial charge in [0.1, 0.15) is 6.54 Å². The van der Waals surface area contributed by atoms with Crippen LogP contribution in [0.2, 0.25) is 0 Å². The van der Waals surface area contributed by atoms with Crippen molar-refractivity contribution in [2.24, 2.45) is 5.92 Å². The van der Waals surface area contributed by atoms with Gasteiger partial charge in [-0.3, -0.25) is 9.59 Å². The van der Waals surface area contributed by atoms with Crippen molar-refractivity contribution in [2.75, 3.05) is 19.6 Å². The van der Waals surface area contributed by atoms with Gasteiger partial charge in [-0.15, -0.1) is 0 Å². The van der Waals surface area contributed by atoms with Crippen LogP contribution in [0, 0.1) is 5.92 Å². The van der Waals surface area contributed by atoms with Gasteiger partial charge < -0.3 is 9.88 Å².